The minimum atomic E-state index is 1.11. The van der Waals surface area contributed by atoms with Crippen LogP contribution >= 0.6 is 15.9 Å². The summed E-state index contributed by atoms with van der Waals surface area (Å²) in [4.78, 5) is 3.46. The molecule has 20 heavy (non-hydrogen) atoms. The van der Waals surface area contributed by atoms with E-state index in [-0.39, 0.29) is 0 Å². The third-order valence-corrected chi connectivity index (χ3v) is 4.21. The highest BCUT2D eigenvalue weighted by Gasteiger charge is 2.05. The fourth-order valence-corrected chi connectivity index (χ4v) is 2.93. The Morgan fingerprint density at radius 1 is 0.650 bits per heavy atom. The highest BCUT2D eigenvalue weighted by Crippen LogP contribution is 2.30. The molecule has 1 nitrogen and oxygen atoms in total. The molecule has 0 aliphatic heterocycles. The molecule has 0 spiro atoms. The maximum Gasteiger partial charge on any atom is 0.0465 e. The number of aromatic amines is 1. The standard InChI is InChI=1S/C18H12BrN/c19-14-8-5-12(6-9-14)13-7-10-18-16(11-13)15-3-1-2-4-17(15)20-18/h1-11,20H. The van der Waals surface area contributed by atoms with Crippen molar-refractivity contribution in [2.24, 2.45) is 0 Å². The smallest absolute Gasteiger partial charge is 0.0465 e. The maximum absolute atomic E-state index is 3.48. The first kappa shape index (κ1) is 11.7. The van der Waals surface area contributed by atoms with Gasteiger partial charge in [0.25, 0.3) is 0 Å². The number of fused-ring (bicyclic) bond motifs is 3. The van der Waals surface area contributed by atoms with E-state index in [4.69, 9.17) is 0 Å². The van der Waals surface area contributed by atoms with Gasteiger partial charge in [-0.25, -0.2) is 0 Å². The molecule has 0 bridgehead atoms. The molecule has 0 saturated carbocycles. The Hall–Kier alpha value is -2.06. The number of hydrogen-bond donors (Lipinski definition) is 1. The van der Waals surface area contributed by atoms with Crippen molar-refractivity contribution in [3.8, 4) is 11.1 Å². The molecular formula is C18H12BrN. The second kappa shape index (κ2) is 4.50. The first-order valence-electron chi connectivity index (χ1n) is 6.58. The summed E-state index contributed by atoms with van der Waals surface area (Å²) in [6.07, 6.45) is 0. The van der Waals surface area contributed by atoms with Crippen LogP contribution in [0.25, 0.3) is 32.9 Å². The quantitative estimate of drug-likeness (QED) is 0.459. The SMILES string of the molecule is Brc1ccc(-c2ccc3[nH]c4ccccc4c3c2)cc1. The molecule has 0 radical (unpaired) electrons. The van der Waals surface area contributed by atoms with Crippen molar-refractivity contribution < 1.29 is 0 Å². The lowest BCUT2D eigenvalue weighted by atomic mass is 10.0. The van der Waals surface area contributed by atoms with Crippen molar-refractivity contribution in [2.75, 3.05) is 0 Å². The van der Waals surface area contributed by atoms with E-state index in [0.717, 1.165) is 4.47 Å². The van der Waals surface area contributed by atoms with Crippen LogP contribution < -0.4 is 0 Å². The van der Waals surface area contributed by atoms with Crippen LogP contribution in [0.4, 0.5) is 0 Å². The van der Waals surface area contributed by atoms with E-state index in [1.165, 1.54) is 32.9 Å². The Bertz CT molecular complexity index is 904. The number of hydrogen-bond acceptors (Lipinski definition) is 0. The van der Waals surface area contributed by atoms with E-state index >= 15 is 0 Å². The van der Waals surface area contributed by atoms with Crippen LogP contribution in [0.2, 0.25) is 0 Å². The van der Waals surface area contributed by atoms with Gasteiger partial charge >= 0.3 is 0 Å². The molecule has 0 saturated heterocycles. The fourth-order valence-electron chi connectivity index (χ4n) is 2.67. The van der Waals surface area contributed by atoms with Crippen molar-refractivity contribution in [1.82, 2.24) is 4.98 Å². The number of halogens is 1. The highest BCUT2D eigenvalue weighted by atomic mass is 79.9. The topological polar surface area (TPSA) is 15.8 Å². The molecule has 1 N–H and O–H groups in total. The van der Waals surface area contributed by atoms with Gasteiger partial charge in [0.15, 0.2) is 0 Å². The third kappa shape index (κ3) is 1.84. The minimum absolute atomic E-state index is 1.11. The van der Waals surface area contributed by atoms with E-state index in [0.29, 0.717) is 0 Å². The van der Waals surface area contributed by atoms with Gasteiger partial charge in [0.1, 0.15) is 0 Å². The van der Waals surface area contributed by atoms with Crippen molar-refractivity contribution >= 4 is 37.7 Å². The van der Waals surface area contributed by atoms with Crippen molar-refractivity contribution in [1.29, 1.82) is 0 Å². The lowest BCUT2D eigenvalue weighted by Crippen LogP contribution is -1.77. The van der Waals surface area contributed by atoms with Crippen LogP contribution in [-0.2, 0) is 0 Å². The van der Waals surface area contributed by atoms with Crippen LogP contribution in [0.15, 0.2) is 71.2 Å². The Morgan fingerprint density at radius 2 is 1.35 bits per heavy atom. The zero-order valence-electron chi connectivity index (χ0n) is 10.7. The van der Waals surface area contributed by atoms with Gasteiger partial charge in [-0.2, -0.15) is 0 Å². The first-order valence-corrected chi connectivity index (χ1v) is 7.37. The molecule has 0 fully saturated rings. The number of benzene rings is 3. The Morgan fingerprint density at radius 3 is 2.20 bits per heavy atom. The summed E-state index contributed by atoms with van der Waals surface area (Å²) in [7, 11) is 0. The minimum Gasteiger partial charge on any atom is -0.355 e. The predicted molar refractivity (Wildman–Crippen MR) is 88.9 cm³/mol. The zero-order chi connectivity index (χ0) is 13.5. The van der Waals surface area contributed by atoms with Crippen LogP contribution in [0.3, 0.4) is 0 Å². The van der Waals surface area contributed by atoms with E-state index in [1.54, 1.807) is 0 Å². The van der Waals surface area contributed by atoms with Crippen LogP contribution in [0.5, 0.6) is 0 Å². The summed E-state index contributed by atoms with van der Waals surface area (Å²) in [5.41, 5.74) is 4.86. The molecule has 1 aromatic heterocycles. The van der Waals surface area contributed by atoms with Gasteiger partial charge in [0.2, 0.25) is 0 Å². The average Bonchev–Trinajstić information content (AvgIpc) is 2.86. The van der Waals surface area contributed by atoms with Gasteiger partial charge in [-0.15, -0.1) is 0 Å². The van der Waals surface area contributed by atoms with Gasteiger partial charge in [0, 0.05) is 26.3 Å². The molecule has 1 heterocycles. The summed E-state index contributed by atoms with van der Waals surface area (Å²) in [6.45, 7) is 0. The fraction of sp³-hybridized carbons (Fsp3) is 0. The Labute approximate surface area is 125 Å². The van der Waals surface area contributed by atoms with Gasteiger partial charge in [-0.3, -0.25) is 0 Å². The van der Waals surface area contributed by atoms with Crippen LogP contribution in [0, 0.1) is 0 Å². The number of para-hydroxylation sites is 1. The van der Waals surface area contributed by atoms with E-state index in [1.807, 2.05) is 0 Å². The molecule has 2 heteroatoms. The highest BCUT2D eigenvalue weighted by molar-refractivity contribution is 9.10. The van der Waals surface area contributed by atoms with Crippen molar-refractivity contribution in [3.63, 3.8) is 0 Å². The second-order valence-electron chi connectivity index (χ2n) is 4.94. The number of rotatable bonds is 1. The van der Waals surface area contributed by atoms with E-state index in [9.17, 15) is 0 Å². The lowest BCUT2D eigenvalue weighted by Gasteiger charge is -2.02. The average molecular weight is 322 g/mol. The molecule has 0 aliphatic carbocycles. The van der Waals surface area contributed by atoms with Gasteiger partial charge in [0.05, 0.1) is 0 Å². The molecular weight excluding hydrogens is 310 g/mol. The van der Waals surface area contributed by atoms with Gasteiger partial charge in [-0.1, -0.05) is 52.3 Å². The first-order chi connectivity index (χ1) is 9.81. The molecule has 96 valence electrons. The van der Waals surface area contributed by atoms with E-state index in [2.05, 4.69) is 87.6 Å². The third-order valence-electron chi connectivity index (χ3n) is 3.68. The second-order valence-corrected chi connectivity index (χ2v) is 5.85. The molecule has 0 atom stereocenters. The summed E-state index contributed by atoms with van der Waals surface area (Å²) >= 11 is 3.48. The number of H-pyrrole nitrogens is 1. The van der Waals surface area contributed by atoms with Gasteiger partial charge in [-0.05, 0) is 41.5 Å². The van der Waals surface area contributed by atoms with Crippen molar-refractivity contribution in [3.05, 3.63) is 71.2 Å². The molecule has 0 aliphatic rings. The van der Waals surface area contributed by atoms with Crippen LogP contribution in [-0.4, -0.2) is 4.98 Å². The maximum atomic E-state index is 3.48. The van der Waals surface area contributed by atoms with Crippen LogP contribution in [0.1, 0.15) is 0 Å². The van der Waals surface area contributed by atoms with Crippen molar-refractivity contribution in [2.45, 2.75) is 0 Å². The molecule has 3 aromatic carbocycles. The lowest BCUT2D eigenvalue weighted by molar-refractivity contribution is 1.54. The molecule has 0 amide bonds. The Kier molecular flexibility index (Phi) is 2.64. The van der Waals surface area contributed by atoms with Gasteiger partial charge < -0.3 is 4.98 Å². The Balaban J connectivity index is 1.97. The summed E-state index contributed by atoms with van der Waals surface area (Å²) in [5, 5.41) is 2.56. The molecule has 4 aromatic rings. The normalized spacial score (nSPS) is 11.2. The molecule has 4 rings (SSSR count). The number of aromatic nitrogens is 1. The summed E-state index contributed by atoms with van der Waals surface area (Å²) in [6, 6.07) is 23.5. The largest absolute Gasteiger partial charge is 0.355 e. The number of nitrogens with one attached hydrogen (secondary N) is 1. The van der Waals surface area contributed by atoms with E-state index < -0.39 is 0 Å². The summed E-state index contributed by atoms with van der Waals surface area (Å²) in [5.74, 6) is 0. The predicted octanol–water partition coefficient (Wildman–Crippen LogP) is 5.75. The summed E-state index contributed by atoms with van der Waals surface area (Å²) < 4.78 is 1.11. The zero-order valence-corrected chi connectivity index (χ0v) is 12.3. The monoisotopic (exact) mass is 321 g/mol. The molecule has 0 unspecified atom stereocenters.